The lowest BCUT2D eigenvalue weighted by Gasteiger charge is -2.14. The number of rotatable bonds is 7. The molecule has 0 fully saturated rings. The molecule has 3 rings (SSSR count). The highest BCUT2D eigenvalue weighted by Crippen LogP contribution is 2.29. The summed E-state index contributed by atoms with van der Waals surface area (Å²) in [6.45, 7) is 2.03. The Bertz CT molecular complexity index is 1140. The molecule has 3 aromatic carbocycles. The van der Waals surface area contributed by atoms with E-state index in [2.05, 4.69) is 10.0 Å². The third-order valence-corrected chi connectivity index (χ3v) is 6.09. The van der Waals surface area contributed by atoms with Crippen LogP contribution in [-0.4, -0.2) is 21.4 Å². The van der Waals surface area contributed by atoms with E-state index in [1.807, 2.05) is 19.1 Å². The summed E-state index contributed by atoms with van der Waals surface area (Å²) in [6.07, 6.45) is 0.877. The van der Waals surface area contributed by atoms with Crippen molar-refractivity contribution in [3.63, 3.8) is 0 Å². The Labute approximate surface area is 180 Å². The van der Waals surface area contributed by atoms with Gasteiger partial charge >= 0.3 is 0 Å². The fourth-order valence-electron chi connectivity index (χ4n) is 2.79. The predicted molar refractivity (Wildman–Crippen MR) is 119 cm³/mol. The summed E-state index contributed by atoms with van der Waals surface area (Å²) in [5.41, 5.74) is 2.29. The number of ether oxygens (including phenoxy) is 1. The number of carbonyl (C=O) groups excluding carboxylic acids is 1. The Kier molecular flexibility index (Phi) is 6.64. The van der Waals surface area contributed by atoms with E-state index in [4.69, 9.17) is 16.3 Å². The Balaban J connectivity index is 1.86. The summed E-state index contributed by atoms with van der Waals surface area (Å²) in [5, 5.41) is 3.22. The van der Waals surface area contributed by atoms with E-state index in [1.165, 1.54) is 19.2 Å². The van der Waals surface area contributed by atoms with Crippen LogP contribution in [0.4, 0.5) is 11.4 Å². The molecule has 0 spiro atoms. The minimum atomic E-state index is -3.97. The summed E-state index contributed by atoms with van der Waals surface area (Å²) in [4.78, 5) is 12.4. The van der Waals surface area contributed by atoms with Crippen LogP contribution in [0.3, 0.4) is 0 Å². The van der Waals surface area contributed by atoms with Crippen molar-refractivity contribution in [2.75, 3.05) is 17.1 Å². The first-order chi connectivity index (χ1) is 14.3. The van der Waals surface area contributed by atoms with Crippen molar-refractivity contribution < 1.29 is 17.9 Å². The molecule has 0 atom stereocenters. The monoisotopic (exact) mass is 444 g/mol. The van der Waals surface area contributed by atoms with Crippen LogP contribution in [0, 0.1) is 0 Å². The molecule has 0 heterocycles. The van der Waals surface area contributed by atoms with Gasteiger partial charge < -0.3 is 10.1 Å². The molecule has 156 valence electrons. The zero-order valence-electron chi connectivity index (χ0n) is 16.5. The largest absolute Gasteiger partial charge is 0.495 e. The number of hydrogen-bond acceptors (Lipinski definition) is 4. The van der Waals surface area contributed by atoms with E-state index < -0.39 is 10.0 Å². The van der Waals surface area contributed by atoms with Crippen LogP contribution in [0.2, 0.25) is 5.02 Å². The van der Waals surface area contributed by atoms with Crippen molar-refractivity contribution in [1.29, 1.82) is 0 Å². The van der Waals surface area contributed by atoms with Crippen LogP contribution in [0.5, 0.6) is 5.75 Å². The molecule has 0 aliphatic rings. The van der Waals surface area contributed by atoms with Gasteiger partial charge in [-0.2, -0.15) is 0 Å². The van der Waals surface area contributed by atoms with Gasteiger partial charge in [0.05, 0.1) is 7.11 Å². The SMILES string of the molecule is CCc1ccc(C(=O)Nc2ccc(OC)c(S(=O)(=O)Nc3ccc(Cl)cc3)c2)cc1. The standard InChI is InChI=1S/C22H21ClN2O4S/c1-3-15-4-6-16(7-5-15)22(26)24-19-12-13-20(29-2)21(14-19)30(27,28)25-18-10-8-17(23)9-11-18/h4-14,25H,3H2,1-2H3,(H,24,26). The number of hydrogen-bond donors (Lipinski definition) is 2. The van der Waals surface area contributed by atoms with Gasteiger partial charge in [0, 0.05) is 22.0 Å². The van der Waals surface area contributed by atoms with E-state index in [0.717, 1.165) is 12.0 Å². The maximum atomic E-state index is 12.9. The summed E-state index contributed by atoms with van der Waals surface area (Å²) >= 11 is 5.85. The van der Waals surface area contributed by atoms with Crippen LogP contribution in [0.25, 0.3) is 0 Å². The molecular weight excluding hydrogens is 424 g/mol. The van der Waals surface area contributed by atoms with Crippen molar-refractivity contribution >= 4 is 38.9 Å². The van der Waals surface area contributed by atoms with Gasteiger partial charge in [0.15, 0.2) is 0 Å². The van der Waals surface area contributed by atoms with E-state index in [-0.39, 0.29) is 16.6 Å². The second-order valence-corrected chi connectivity index (χ2v) is 8.57. The lowest BCUT2D eigenvalue weighted by Crippen LogP contribution is -2.16. The summed E-state index contributed by atoms with van der Waals surface area (Å²) in [5.74, 6) is -0.182. The molecule has 0 aliphatic carbocycles. The fraction of sp³-hybridized carbons (Fsp3) is 0.136. The molecule has 0 unspecified atom stereocenters. The van der Waals surface area contributed by atoms with Crippen LogP contribution in [-0.2, 0) is 16.4 Å². The quantitative estimate of drug-likeness (QED) is 0.539. The van der Waals surface area contributed by atoms with Gasteiger partial charge in [-0.3, -0.25) is 9.52 Å². The molecule has 1 amide bonds. The third kappa shape index (κ3) is 5.11. The molecule has 30 heavy (non-hydrogen) atoms. The fourth-order valence-corrected chi connectivity index (χ4v) is 4.17. The van der Waals surface area contributed by atoms with Gasteiger partial charge in [0.1, 0.15) is 10.6 Å². The first kappa shape index (κ1) is 21.7. The normalized spacial score (nSPS) is 11.0. The highest BCUT2D eigenvalue weighted by atomic mass is 35.5. The van der Waals surface area contributed by atoms with Crippen molar-refractivity contribution in [3.8, 4) is 5.75 Å². The van der Waals surface area contributed by atoms with Gasteiger partial charge in [-0.1, -0.05) is 30.7 Å². The van der Waals surface area contributed by atoms with Crippen molar-refractivity contribution in [3.05, 3.63) is 82.9 Å². The lowest BCUT2D eigenvalue weighted by atomic mass is 10.1. The molecule has 0 bridgehead atoms. The summed E-state index contributed by atoms with van der Waals surface area (Å²) in [7, 11) is -2.59. The van der Waals surface area contributed by atoms with Crippen molar-refractivity contribution in [2.45, 2.75) is 18.2 Å². The number of sulfonamides is 1. The highest BCUT2D eigenvalue weighted by molar-refractivity contribution is 7.92. The molecule has 3 aromatic rings. The smallest absolute Gasteiger partial charge is 0.265 e. The Morgan fingerprint density at radius 2 is 1.60 bits per heavy atom. The number of carbonyl (C=O) groups is 1. The van der Waals surface area contributed by atoms with Crippen LogP contribution >= 0.6 is 11.6 Å². The molecule has 0 radical (unpaired) electrons. The Morgan fingerprint density at radius 3 is 2.20 bits per heavy atom. The molecular formula is C22H21ClN2O4S. The maximum Gasteiger partial charge on any atom is 0.265 e. The number of amides is 1. The zero-order valence-corrected chi connectivity index (χ0v) is 18.0. The average molecular weight is 445 g/mol. The maximum absolute atomic E-state index is 12.9. The van der Waals surface area contributed by atoms with Gasteiger partial charge in [0.2, 0.25) is 0 Å². The van der Waals surface area contributed by atoms with Gasteiger partial charge in [-0.25, -0.2) is 8.42 Å². The second kappa shape index (κ2) is 9.19. The van der Waals surface area contributed by atoms with E-state index in [9.17, 15) is 13.2 Å². The first-order valence-electron chi connectivity index (χ1n) is 9.19. The van der Waals surface area contributed by atoms with E-state index >= 15 is 0 Å². The number of benzene rings is 3. The van der Waals surface area contributed by atoms with Gasteiger partial charge in [-0.15, -0.1) is 0 Å². The Hall–Kier alpha value is -3.03. The van der Waals surface area contributed by atoms with E-state index in [0.29, 0.717) is 22.0 Å². The van der Waals surface area contributed by atoms with Crippen LogP contribution in [0.15, 0.2) is 71.6 Å². The molecule has 0 saturated carbocycles. The number of halogens is 1. The lowest BCUT2D eigenvalue weighted by molar-refractivity contribution is 0.102. The highest BCUT2D eigenvalue weighted by Gasteiger charge is 2.21. The van der Waals surface area contributed by atoms with Gasteiger partial charge in [0.25, 0.3) is 15.9 Å². The topological polar surface area (TPSA) is 84.5 Å². The average Bonchev–Trinajstić information content (AvgIpc) is 2.75. The third-order valence-electron chi connectivity index (χ3n) is 4.43. The molecule has 6 nitrogen and oxygen atoms in total. The van der Waals surface area contributed by atoms with Gasteiger partial charge in [-0.05, 0) is 66.6 Å². The molecule has 0 saturated heterocycles. The van der Waals surface area contributed by atoms with Crippen LogP contribution < -0.4 is 14.8 Å². The molecule has 0 aromatic heterocycles. The Morgan fingerprint density at radius 1 is 0.967 bits per heavy atom. The van der Waals surface area contributed by atoms with E-state index in [1.54, 1.807) is 42.5 Å². The zero-order chi connectivity index (χ0) is 21.7. The van der Waals surface area contributed by atoms with Crippen LogP contribution in [0.1, 0.15) is 22.8 Å². The summed E-state index contributed by atoms with van der Waals surface area (Å²) < 4.78 is 33.5. The van der Waals surface area contributed by atoms with Crippen molar-refractivity contribution in [1.82, 2.24) is 0 Å². The number of methoxy groups -OCH3 is 1. The molecule has 8 heteroatoms. The van der Waals surface area contributed by atoms with Crippen molar-refractivity contribution in [2.24, 2.45) is 0 Å². The molecule has 2 N–H and O–H groups in total. The number of nitrogens with one attached hydrogen (secondary N) is 2. The number of anilines is 2. The minimum Gasteiger partial charge on any atom is -0.495 e. The number of aryl methyl sites for hydroxylation is 1. The summed E-state index contributed by atoms with van der Waals surface area (Å²) in [6, 6.07) is 17.9. The predicted octanol–water partition coefficient (Wildman–Crippen LogP) is 4.96. The minimum absolute atomic E-state index is 0.0981. The first-order valence-corrected chi connectivity index (χ1v) is 11.0. The second-order valence-electron chi connectivity index (χ2n) is 6.48. The molecule has 0 aliphatic heterocycles.